The highest BCUT2D eigenvalue weighted by atomic mass is 16.5. The number of phenols is 1. The number of rotatable bonds is 6. The predicted octanol–water partition coefficient (Wildman–Crippen LogP) is 13.7. The molecule has 12 rings (SSSR count). The first-order chi connectivity index (χ1) is 29.2. The quantitative estimate of drug-likeness (QED) is 0.183. The number of hydrogen-bond acceptors (Lipinski definition) is 2. The van der Waals surface area contributed by atoms with Crippen molar-refractivity contribution in [3.05, 3.63) is 235 Å². The third-order valence-corrected chi connectivity index (χ3v) is 12.3. The highest BCUT2D eigenvalue weighted by Gasteiger charge is 2.45. The summed E-state index contributed by atoms with van der Waals surface area (Å²) >= 11 is 0. The standard InChI is InChI=1S/C55H36N2O2/c58-40-29-25-36(26-30-40)55(49-19-7-1-13-43(49)44-14-2-8-20-50(44)55)37-27-31-41(32-28-37)59-42-34-38(56-51-21-9-3-15-45(51)46-16-4-10-22-52(46)56)33-39(35-42)57-53-23-11-5-17-47(53)48-18-6-12-24-54(48)57/h1-35,58H. The summed E-state index contributed by atoms with van der Waals surface area (Å²) in [5, 5.41) is 15.2. The molecule has 0 spiro atoms. The summed E-state index contributed by atoms with van der Waals surface area (Å²) in [6.45, 7) is 0. The van der Waals surface area contributed by atoms with Crippen LogP contribution in [-0.4, -0.2) is 14.2 Å². The van der Waals surface area contributed by atoms with Gasteiger partial charge in [-0.05, 0) is 88.0 Å². The summed E-state index contributed by atoms with van der Waals surface area (Å²) in [5.74, 6) is 1.72. The molecule has 0 radical (unpaired) electrons. The number of aromatic nitrogens is 2. The third kappa shape index (κ3) is 4.90. The van der Waals surface area contributed by atoms with Gasteiger partial charge in [0, 0.05) is 33.7 Å². The summed E-state index contributed by atoms with van der Waals surface area (Å²) < 4.78 is 11.7. The zero-order valence-electron chi connectivity index (χ0n) is 32.0. The highest BCUT2D eigenvalue weighted by molar-refractivity contribution is 6.10. The smallest absolute Gasteiger partial charge is 0.131 e. The van der Waals surface area contributed by atoms with Crippen molar-refractivity contribution >= 4 is 43.6 Å². The largest absolute Gasteiger partial charge is 0.508 e. The fraction of sp³-hybridized carbons (Fsp3) is 0.0182. The van der Waals surface area contributed by atoms with Crippen LogP contribution in [0.25, 0.3) is 66.1 Å². The third-order valence-electron chi connectivity index (χ3n) is 12.3. The van der Waals surface area contributed by atoms with Crippen LogP contribution < -0.4 is 4.74 Å². The first-order valence-corrected chi connectivity index (χ1v) is 20.1. The van der Waals surface area contributed by atoms with Gasteiger partial charge in [-0.2, -0.15) is 0 Å². The Bertz CT molecular complexity index is 3140. The first-order valence-electron chi connectivity index (χ1n) is 20.1. The molecule has 0 atom stereocenters. The van der Waals surface area contributed by atoms with Gasteiger partial charge in [0.25, 0.3) is 0 Å². The van der Waals surface area contributed by atoms with Gasteiger partial charge < -0.3 is 19.0 Å². The van der Waals surface area contributed by atoms with Crippen molar-refractivity contribution in [3.8, 4) is 39.8 Å². The predicted molar refractivity (Wildman–Crippen MR) is 241 cm³/mol. The van der Waals surface area contributed by atoms with Gasteiger partial charge in [-0.3, -0.25) is 0 Å². The van der Waals surface area contributed by atoms with Gasteiger partial charge in [-0.25, -0.2) is 0 Å². The number of nitrogens with zero attached hydrogens (tertiary/aromatic N) is 2. The maximum Gasteiger partial charge on any atom is 0.131 e. The van der Waals surface area contributed by atoms with E-state index in [0.29, 0.717) is 0 Å². The van der Waals surface area contributed by atoms with Gasteiger partial charge in [0.05, 0.1) is 38.9 Å². The van der Waals surface area contributed by atoms with Crippen LogP contribution in [0.1, 0.15) is 22.3 Å². The second-order valence-electron chi connectivity index (χ2n) is 15.4. The molecule has 0 bridgehead atoms. The van der Waals surface area contributed by atoms with Crippen molar-refractivity contribution < 1.29 is 9.84 Å². The van der Waals surface area contributed by atoms with Crippen molar-refractivity contribution in [2.24, 2.45) is 0 Å². The van der Waals surface area contributed by atoms with Gasteiger partial charge in [0.15, 0.2) is 0 Å². The minimum atomic E-state index is -0.584. The normalized spacial score (nSPS) is 12.9. The number of benzene rings is 9. The molecule has 0 saturated heterocycles. The van der Waals surface area contributed by atoms with Gasteiger partial charge in [0.2, 0.25) is 0 Å². The van der Waals surface area contributed by atoms with E-state index in [1.807, 2.05) is 0 Å². The Morgan fingerprint density at radius 3 is 1.17 bits per heavy atom. The van der Waals surface area contributed by atoms with Crippen LogP contribution in [0.3, 0.4) is 0 Å². The molecule has 4 heteroatoms. The maximum absolute atomic E-state index is 10.4. The van der Waals surface area contributed by atoms with Crippen molar-refractivity contribution in [1.82, 2.24) is 9.13 Å². The number of fused-ring (bicyclic) bond motifs is 9. The van der Waals surface area contributed by atoms with Crippen LogP contribution >= 0.6 is 0 Å². The van der Waals surface area contributed by atoms with Crippen molar-refractivity contribution in [2.45, 2.75) is 5.41 Å². The molecule has 0 aliphatic heterocycles. The molecule has 278 valence electrons. The first kappa shape index (κ1) is 33.3. The van der Waals surface area contributed by atoms with Crippen LogP contribution in [0.5, 0.6) is 17.2 Å². The Hall–Kier alpha value is -7.82. The lowest BCUT2D eigenvalue weighted by Crippen LogP contribution is -2.28. The summed E-state index contributed by atoms with van der Waals surface area (Å²) in [6, 6.07) is 74.7. The monoisotopic (exact) mass is 756 g/mol. The van der Waals surface area contributed by atoms with Crippen molar-refractivity contribution in [1.29, 1.82) is 0 Å². The molecule has 9 aromatic carbocycles. The van der Waals surface area contributed by atoms with E-state index in [0.717, 1.165) is 56.1 Å². The molecule has 0 unspecified atom stereocenters. The molecule has 4 nitrogen and oxygen atoms in total. The van der Waals surface area contributed by atoms with E-state index in [9.17, 15) is 5.11 Å². The van der Waals surface area contributed by atoms with E-state index in [1.165, 1.54) is 43.8 Å². The zero-order chi connectivity index (χ0) is 39.1. The molecule has 1 aliphatic rings. The fourth-order valence-electron chi connectivity index (χ4n) is 9.93. The summed E-state index contributed by atoms with van der Waals surface area (Å²) in [5.41, 5.74) is 13.1. The van der Waals surface area contributed by atoms with Gasteiger partial charge in [0.1, 0.15) is 17.2 Å². The average molecular weight is 757 g/mol. The van der Waals surface area contributed by atoms with Crippen LogP contribution in [0, 0.1) is 0 Å². The van der Waals surface area contributed by atoms with Crippen LogP contribution in [0.15, 0.2) is 212 Å². The minimum Gasteiger partial charge on any atom is -0.508 e. The summed E-state index contributed by atoms with van der Waals surface area (Å²) in [6.07, 6.45) is 0. The molecule has 59 heavy (non-hydrogen) atoms. The Morgan fingerprint density at radius 2 is 0.729 bits per heavy atom. The Balaban J connectivity index is 1.04. The number of para-hydroxylation sites is 4. The topological polar surface area (TPSA) is 39.3 Å². The fourth-order valence-corrected chi connectivity index (χ4v) is 9.93. The SMILES string of the molecule is Oc1ccc(C2(c3ccc(Oc4cc(-n5c6ccccc6c6ccccc65)cc(-n5c6ccccc6c6ccccc65)c4)cc3)c3ccccc3-c3ccccc32)cc1. The molecule has 2 aromatic heterocycles. The van der Waals surface area contributed by atoms with Crippen LogP contribution in [0.2, 0.25) is 0 Å². The number of ether oxygens (including phenoxy) is 1. The second kappa shape index (κ2) is 12.9. The lowest BCUT2D eigenvalue weighted by molar-refractivity contribution is 0.475. The Kier molecular flexibility index (Phi) is 7.26. The number of hydrogen-bond donors (Lipinski definition) is 1. The van der Waals surface area contributed by atoms with E-state index < -0.39 is 5.41 Å². The summed E-state index contributed by atoms with van der Waals surface area (Å²) in [7, 11) is 0. The van der Waals surface area contributed by atoms with E-state index >= 15 is 0 Å². The van der Waals surface area contributed by atoms with Crippen LogP contribution in [0.4, 0.5) is 0 Å². The van der Waals surface area contributed by atoms with Crippen molar-refractivity contribution in [3.63, 3.8) is 0 Å². The summed E-state index contributed by atoms with van der Waals surface area (Å²) in [4.78, 5) is 0. The van der Waals surface area contributed by atoms with E-state index in [1.54, 1.807) is 12.1 Å². The molecular formula is C55H36N2O2. The highest BCUT2D eigenvalue weighted by Crippen LogP contribution is 2.56. The zero-order valence-corrected chi connectivity index (χ0v) is 32.0. The molecule has 2 heterocycles. The Morgan fingerprint density at radius 1 is 0.356 bits per heavy atom. The molecule has 0 amide bonds. The van der Waals surface area contributed by atoms with Gasteiger partial charge in [-0.1, -0.05) is 146 Å². The van der Waals surface area contributed by atoms with Crippen molar-refractivity contribution in [2.75, 3.05) is 0 Å². The minimum absolute atomic E-state index is 0.246. The Labute approximate surface area is 341 Å². The maximum atomic E-state index is 10.4. The second-order valence-corrected chi connectivity index (χ2v) is 15.4. The van der Waals surface area contributed by atoms with Crippen LogP contribution in [-0.2, 0) is 5.41 Å². The molecule has 1 aliphatic carbocycles. The van der Waals surface area contributed by atoms with E-state index in [-0.39, 0.29) is 5.75 Å². The average Bonchev–Trinajstić information content (AvgIpc) is 3.92. The van der Waals surface area contributed by atoms with E-state index in [4.69, 9.17) is 4.74 Å². The molecule has 1 N–H and O–H groups in total. The molecule has 0 saturated carbocycles. The van der Waals surface area contributed by atoms with E-state index in [2.05, 4.69) is 209 Å². The van der Waals surface area contributed by atoms with Gasteiger partial charge in [-0.15, -0.1) is 0 Å². The molecular weight excluding hydrogens is 721 g/mol. The lowest BCUT2D eigenvalue weighted by Gasteiger charge is -2.34. The lowest BCUT2D eigenvalue weighted by atomic mass is 9.68. The number of phenolic OH excluding ortho intramolecular Hbond substituents is 1. The number of aromatic hydroxyl groups is 1. The van der Waals surface area contributed by atoms with Gasteiger partial charge >= 0.3 is 0 Å². The molecule has 11 aromatic rings. The molecule has 0 fully saturated rings.